The molecule has 1 N–H and O–H groups in total. The summed E-state index contributed by atoms with van der Waals surface area (Å²) in [4.78, 5) is 21.3. The number of halogens is 1. The molecule has 2 aromatic heterocycles. The van der Waals surface area contributed by atoms with Gasteiger partial charge >= 0.3 is 0 Å². The van der Waals surface area contributed by atoms with Crippen molar-refractivity contribution in [3.8, 4) is 6.07 Å². The number of imidazole rings is 1. The number of carbonyl (C=O) groups is 1. The lowest BCUT2D eigenvalue weighted by Crippen LogP contribution is -2.37. The van der Waals surface area contributed by atoms with Gasteiger partial charge in [-0.25, -0.2) is 9.97 Å². The average molecular weight is 420 g/mol. The topological polar surface area (TPSA) is 83.6 Å². The van der Waals surface area contributed by atoms with Crippen molar-refractivity contribution < 1.29 is 4.79 Å². The zero-order valence-electron chi connectivity index (χ0n) is 16.6. The van der Waals surface area contributed by atoms with Gasteiger partial charge in [0.25, 0.3) is 5.91 Å². The third kappa shape index (κ3) is 3.23. The zero-order valence-corrected chi connectivity index (χ0v) is 17.4. The summed E-state index contributed by atoms with van der Waals surface area (Å²) in [7, 11) is 0. The van der Waals surface area contributed by atoms with Crippen molar-refractivity contribution in [1.82, 2.24) is 19.9 Å². The standard InChI is InChI=1S/C23H22ClN5O/c1-2-19(28-23(30)14-3-5-15(24)6-4-14)21-17-8-16(9-18(17)21)29-12-27-22-20(29)7-13(10-25)11-26-22/h3-7,11-12,16-19,21H,2,8-9H2,1H3,(H,28,30)/t16?,17-,18+,19?,21?. The van der Waals surface area contributed by atoms with Gasteiger partial charge in [0.2, 0.25) is 0 Å². The highest BCUT2D eigenvalue weighted by Gasteiger charge is 2.59. The summed E-state index contributed by atoms with van der Waals surface area (Å²) in [6.45, 7) is 2.14. The van der Waals surface area contributed by atoms with Crippen LogP contribution in [0.15, 0.2) is 42.9 Å². The molecule has 2 fully saturated rings. The number of pyridine rings is 1. The van der Waals surface area contributed by atoms with Crippen LogP contribution < -0.4 is 5.32 Å². The second-order valence-corrected chi connectivity index (χ2v) is 8.79. The molecule has 0 spiro atoms. The summed E-state index contributed by atoms with van der Waals surface area (Å²) in [5.41, 5.74) is 2.82. The molecule has 2 aliphatic rings. The molecule has 0 bridgehead atoms. The van der Waals surface area contributed by atoms with Crippen LogP contribution in [0.4, 0.5) is 0 Å². The van der Waals surface area contributed by atoms with E-state index in [0.29, 0.717) is 45.6 Å². The van der Waals surface area contributed by atoms with Gasteiger partial charge in [-0.2, -0.15) is 5.26 Å². The summed E-state index contributed by atoms with van der Waals surface area (Å²) in [6, 6.07) is 11.6. The Morgan fingerprint density at radius 1 is 1.30 bits per heavy atom. The number of benzene rings is 1. The molecular formula is C23H22ClN5O. The van der Waals surface area contributed by atoms with Gasteiger partial charge in [-0.15, -0.1) is 0 Å². The minimum absolute atomic E-state index is 0.0317. The molecule has 0 saturated heterocycles. The summed E-state index contributed by atoms with van der Waals surface area (Å²) in [6.07, 6.45) is 6.49. The molecule has 1 aromatic carbocycles. The first-order chi connectivity index (χ1) is 14.6. The summed E-state index contributed by atoms with van der Waals surface area (Å²) in [5, 5.41) is 13.0. The smallest absolute Gasteiger partial charge is 0.251 e. The van der Waals surface area contributed by atoms with Crippen molar-refractivity contribution in [3.63, 3.8) is 0 Å². The SMILES string of the molecule is CCC(NC(=O)c1ccc(Cl)cc1)C1[C@H]2CC(n3cnc4ncc(C#N)cc43)C[C@@H]12. The van der Waals surface area contributed by atoms with Gasteiger partial charge in [-0.05, 0) is 67.3 Å². The zero-order chi connectivity index (χ0) is 20.8. The van der Waals surface area contributed by atoms with E-state index >= 15 is 0 Å². The number of carbonyl (C=O) groups excluding carboxylic acids is 1. The Bertz CT molecular complexity index is 1140. The molecule has 152 valence electrons. The maximum absolute atomic E-state index is 12.6. The Morgan fingerprint density at radius 2 is 2.03 bits per heavy atom. The van der Waals surface area contributed by atoms with Crippen molar-refractivity contribution in [2.45, 2.75) is 38.3 Å². The van der Waals surface area contributed by atoms with E-state index in [9.17, 15) is 4.79 Å². The Kier molecular flexibility index (Phi) is 4.71. The van der Waals surface area contributed by atoms with Crippen LogP contribution in [0.5, 0.6) is 0 Å². The fourth-order valence-corrected chi connectivity index (χ4v) is 5.40. The number of rotatable bonds is 5. The number of nitriles is 1. The monoisotopic (exact) mass is 419 g/mol. The van der Waals surface area contributed by atoms with Gasteiger partial charge in [0.05, 0.1) is 17.4 Å². The number of amides is 1. The quantitative estimate of drug-likeness (QED) is 0.665. The number of hydrogen-bond donors (Lipinski definition) is 1. The second-order valence-electron chi connectivity index (χ2n) is 8.36. The van der Waals surface area contributed by atoms with Crippen LogP contribution in [0, 0.1) is 29.1 Å². The highest BCUT2D eigenvalue weighted by atomic mass is 35.5. The highest BCUT2D eigenvalue weighted by Crippen LogP contribution is 2.62. The summed E-state index contributed by atoms with van der Waals surface area (Å²) in [5.74, 6) is 1.74. The molecule has 3 aromatic rings. The molecule has 1 amide bonds. The predicted octanol–water partition coefficient (Wildman–Crippen LogP) is 4.36. The van der Waals surface area contributed by atoms with Crippen LogP contribution in [0.25, 0.3) is 11.2 Å². The Hall–Kier alpha value is -2.91. The molecule has 0 aliphatic heterocycles. The van der Waals surface area contributed by atoms with Crippen LogP contribution in [0.2, 0.25) is 5.02 Å². The maximum Gasteiger partial charge on any atom is 0.251 e. The lowest BCUT2D eigenvalue weighted by Gasteiger charge is -2.22. The minimum Gasteiger partial charge on any atom is -0.349 e. The first-order valence-corrected chi connectivity index (χ1v) is 10.8. The van der Waals surface area contributed by atoms with Crippen LogP contribution in [-0.2, 0) is 0 Å². The van der Waals surface area contributed by atoms with E-state index in [1.165, 1.54) is 0 Å². The average Bonchev–Trinajstić information content (AvgIpc) is 3.09. The summed E-state index contributed by atoms with van der Waals surface area (Å²) >= 11 is 5.93. The van der Waals surface area contributed by atoms with E-state index in [1.807, 2.05) is 12.4 Å². The van der Waals surface area contributed by atoms with Gasteiger partial charge in [-0.3, -0.25) is 4.79 Å². The highest BCUT2D eigenvalue weighted by molar-refractivity contribution is 6.30. The normalized spacial score (nSPS) is 25.5. The molecule has 6 nitrogen and oxygen atoms in total. The van der Waals surface area contributed by atoms with Gasteiger partial charge in [0.1, 0.15) is 6.07 Å². The van der Waals surface area contributed by atoms with Crippen LogP contribution in [0.3, 0.4) is 0 Å². The van der Waals surface area contributed by atoms with E-state index < -0.39 is 0 Å². The van der Waals surface area contributed by atoms with Gasteiger partial charge < -0.3 is 9.88 Å². The van der Waals surface area contributed by atoms with Crippen LogP contribution in [-0.4, -0.2) is 26.5 Å². The number of aromatic nitrogens is 3. The van der Waals surface area contributed by atoms with Crippen molar-refractivity contribution in [2.24, 2.45) is 17.8 Å². The molecule has 2 saturated carbocycles. The molecule has 5 atom stereocenters. The van der Waals surface area contributed by atoms with Crippen molar-refractivity contribution in [3.05, 3.63) is 59.0 Å². The number of nitrogens with one attached hydrogen (secondary N) is 1. The largest absolute Gasteiger partial charge is 0.349 e. The molecule has 2 aliphatic carbocycles. The van der Waals surface area contributed by atoms with Crippen LogP contribution in [0.1, 0.15) is 48.1 Å². The minimum atomic E-state index is -0.0317. The van der Waals surface area contributed by atoms with Crippen LogP contribution >= 0.6 is 11.6 Å². The van der Waals surface area contributed by atoms with Crippen molar-refractivity contribution in [2.75, 3.05) is 0 Å². The maximum atomic E-state index is 12.6. The van der Waals surface area contributed by atoms with Gasteiger partial charge in [0, 0.05) is 28.9 Å². The lowest BCUT2D eigenvalue weighted by molar-refractivity contribution is 0.0927. The van der Waals surface area contributed by atoms with Gasteiger partial charge in [0.15, 0.2) is 5.65 Å². The molecular weight excluding hydrogens is 398 g/mol. The molecule has 30 heavy (non-hydrogen) atoms. The number of fused-ring (bicyclic) bond motifs is 2. The third-order valence-corrected chi connectivity index (χ3v) is 7.02. The summed E-state index contributed by atoms with van der Waals surface area (Å²) < 4.78 is 2.18. The molecule has 2 heterocycles. The second kappa shape index (κ2) is 7.41. The molecule has 0 radical (unpaired) electrons. The van der Waals surface area contributed by atoms with E-state index in [4.69, 9.17) is 16.9 Å². The Morgan fingerprint density at radius 3 is 2.70 bits per heavy atom. The fourth-order valence-electron chi connectivity index (χ4n) is 5.28. The molecule has 3 unspecified atom stereocenters. The third-order valence-electron chi connectivity index (χ3n) is 6.77. The number of hydrogen-bond acceptors (Lipinski definition) is 4. The lowest BCUT2D eigenvalue weighted by atomic mass is 9.99. The van der Waals surface area contributed by atoms with Gasteiger partial charge in [-0.1, -0.05) is 18.5 Å². The first-order valence-electron chi connectivity index (χ1n) is 10.4. The first kappa shape index (κ1) is 19.1. The predicted molar refractivity (Wildman–Crippen MR) is 114 cm³/mol. The Balaban J connectivity index is 1.26. The van der Waals surface area contributed by atoms with E-state index in [0.717, 1.165) is 24.8 Å². The molecule has 5 rings (SSSR count). The van der Waals surface area contributed by atoms with E-state index in [1.54, 1.807) is 30.5 Å². The Labute approximate surface area is 179 Å². The van der Waals surface area contributed by atoms with E-state index in [-0.39, 0.29) is 11.9 Å². The number of nitrogens with zero attached hydrogens (tertiary/aromatic N) is 4. The van der Waals surface area contributed by atoms with E-state index in [2.05, 4.69) is 32.8 Å². The van der Waals surface area contributed by atoms with Crippen molar-refractivity contribution in [1.29, 1.82) is 5.26 Å². The molecule has 7 heteroatoms. The fraction of sp³-hybridized carbons (Fsp3) is 0.391. The van der Waals surface area contributed by atoms with Crippen molar-refractivity contribution >= 4 is 28.7 Å².